The van der Waals surface area contributed by atoms with E-state index in [1.54, 1.807) is 7.11 Å². The van der Waals surface area contributed by atoms with Crippen molar-refractivity contribution in [2.24, 2.45) is 0 Å². The number of methoxy groups -OCH3 is 1. The van der Waals surface area contributed by atoms with Crippen molar-refractivity contribution in [3.63, 3.8) is 0 Å². The molecule has 1 heterocycles. The zero-order valence-corrected chi connectivity index (χ0v) is 13.1. The van der Waals surface area contributed by atoms with E-state index in [-0.39, 0.29) is 11.5 Å². The summed E-state index contributed by atoms with van der Waals surface area (Å²) in [6, 6.07) is 0. The highest BCUT2D eigenvalue weighted by molar-refractivity contribution is 5.22. The number of hydrogen-bond donors (Lipinski definition) is 1. The molecule has 0 aliphatic heterocycles. The summed E-state index contributed by atoms with van der Waals surface area (Å²) in [5.74, 6) is 0.904. The molecule has 0 spiro atoms. The number of ether oxygens (including phenoxy) is 1. The van der Waals surface area contributed by atoms with E-state index in [2.05, 4.69) is 9.97 Å². The number of H-pyrrole nitrogens is 1. The lowest BCUT2D eigenvalue weighted by atomic mass is 9.92. The van der Waals surface area contributed by atoms with Gasteiger partial charge in [0.05, 0.1) is 0 Å². The van der Waals surface area contributed by atoms with Crippen molar-refractivity contribution in [3.05, 3.63) is 27.4 Å². The molecule has 0 amide bonds. The molecule has 1 aromatic rings. The molecule has 1 aliphatic rings. The van der Waals surface area contributed by atoms with Gasteiger partial charge in [0.1, 0.15) is 11.4 Å². The molecular weight excluding hydrogens is 252 g/mol. The molecule has 0 saturated heterocycles. The van der Waals surface area contributed by atoms with Gasteiger partial charge in [-0.1, -0.05) is 39.5 Å². The Morgan fingerprint density at radius 1 is 1.20 bits per heavy atom. The molecule has 1 N–H and O–H groups in total. The summed E-state index contributed by atoms with van der Waals surface area (Å²) in [4.78, 5) is 20.0. The van der Waals surface area contributed by atoms with Gasteiger partial charge in [-0.2, -0.15) is 0 Å². The van der Waals surface area contributed by atoms with Crippen molar-refractivity contribution in [2.75, 3.05) is 7.11 Å². The van der Waals surface area contributed by atoms with Gasteiger partial charge in [-0.3, -0.25) is 4.79 Å². The van der Waals surface area contributed by atoms with Crippen LogP contribution in [0.2, 0.25) is 0 Å². The molecule has 2 rings (SSSR count). The topological polar surface area (TPSA) is 55.0 Å². The lowest BCUT2D eigenvalue weighted by Gasteiger charge is -2.30. The molecule has 1 fully saturated rings. The smallest absolute Gasteiger partial charge is 0.254 e. The molecule has 0 aromatic carbocycles. The average Bonchev–Trinajstić information content (AvgIpc) is 2.63. The third kappa shape index (κ3) is 2.80. The molecule has 0 radical (unpaired) electrons. The second kappa shape index (κ2) is 6.08. The fourth-order valence-electron chi connectivity index (χ4n) is 3.33. The molecule has 1 aromatic heterocycles. The number of nitrogens with one attached hydrogen (secondary N) is 1. The van der Waals surface area contributed by atoms with Crippen LogP contribution in [-0.4, -0.2) is 17.1 Å². The van der Waals surface area contributed by atoms with Crippen molar-refractivity contribution in [3.8, 4) is 0 Å². The summed E-state index contributed by atoms with van der Waals surface area (Å²) in [5.41, 5.74) is 1.20. The summed E-state index contributed by atoms with van der Waals surface area (Å²) in [5, 5.41) is 0. The average molecular weight is 278 g/mol. The van der Waals surface area contributed by atoms with Crippen LogP contribution in [0.1, 0.15) is 75.4 Å². The van der Waals surface area contributed by atoms with Crippen molar-refractivity contribution >= 4 is 0 Å². The largest absolute Gasteiger partial charge is 0.370 e. The van der Waals surface area contributed by atoms with Gasteiger partial charge in [0.15, 0.2) is 0 Å². The van der Waals surface area contributed by atoms with E-state index in [0.29, 0.717) is 5.82 Å². The Balaban J connectivity index is 2.48. The Hall–Kier alpha value is -1.16. The van der Waals surface area contributed by atoms with Gasteiger partial charge in [0, 0.05) is 18.4 Å². The van der Waals surface area contributed by atoms with Crippen molar-refractivity contribution < 1.29 is 4.74 Å². The number of aromatic nitrogens is 2. The quantitative estimate of drug-likeness (QED) is 0.862. The van der Waals surface area contributed by atoms with Crippen LogP contribution in [0.3, 0.4) is 0 Å². The Morgan fingerprint density at radius 3 is 2.25 bits per heavy atom. The first-order chi connectivity index (χ1) is 9.50. The van der Waals surface area contributed by atoms with E-state index < -0.39 is 5.60 Å². The second-order valence-corrected chi connectivity index (χ2v) is 6.18. The maximum Gasteiger partial charge on any atom is 0.254 e. The lowest BCUT2D eigenvalue weighted by molar-refractivity contribution is -0.0355. The highest BCUT2D eigenvalue weighted by Crippen LogP contribution is 2.37. The summed E-state index contributed by atoms with van der Waals surface area (Å²) < 4.78 is 5.82. The Kier molecular flexibility index (Phi) is 4.63. The molecule has 4 nitrogen and oxygen atoms in total. The monoisotopic (exact) mass is 278 g/mol. The minimum Gasteiger partial charge on any atom is -0.370 e. The second-order valence-electron chi connectivity index (χ2n) is 6.18. The Labute approximate surface area is 121 Å². The molecule has 20 heavy (non-hydrogen) atoms. The van der Waals surface area contributed by atoms with Gasteiger partial charge in [-0.05, 0) is 25.7 Å². The molecule has 0 unspecified atom stereocenters. The number of hydrogen-bond acceptors (Lipinski definition) is 3. The van der Waals surface area contributed by atoms with E-state index >= 15 is 0 Å². The van der Waals surface area contributed by atoms with Gasteiger partial charge in [0.25, 0.3) is 5.56 Å². The van der Waals surface area contributed by atoms with E-state index in [1.807, 2.05) is 20.8 Å². The molecular formula is C16H26N2O2. The van der Waals surface area contributed by atoms with Gasteiger partial charge >= 0.3 is 0 Å². The van der Waals surface area contributed by atoms with Gasteiger partial charge in [-0.25, -0.2) is 4.98 Å². The normalized spacial score (nSPS) is 19.1. The molecule has 0 bridgehead atoms. The third-order valence-electron chi connectivity index (χ3n) is 4.46. The van der Waals surface area contributed by atoms with Crippen molar-refractivity contribution in [1.82, 2.24) is 9.97 Å². The zero-order valence-electron chi connectivity index (χ0n) is 13.1. The Bertz CT molecular complexity index is 512. The number of aryl methyl sites for hydroxylation is 1. The first kappa shape index (κ1) is 15.2. The van der Waals surface area contributed by atoms with Crippen LogP contribution in [0, 0.1) is 6.92 Å². The third-order valence-corrected chi connectivity index (χ3v) is 4.46. The standard InChI is InChI=1S/C16H26N2O2/c1-11(2)13-12(3)17-15(18-14(13)19)16(20-4)9-7-5-6-8-10-16/h11H,5-10H2,1-4H3,(H,17,18,19). The predicted octanol–water partition coefficient (Wildman–Crippen LogP) is 3.40. The van der Waals surface area contributed by atoms with Crippen LogP contribution in [-0.2, 0) is 10.3 Å². The van der Waals surface area contributed by atoms with E-state index in [4.69, 9.17) is 4.74 Å². The molecule has 4 heteroatoms. The fraction of sp³-hybridized carbons (Fsp3) is 0.750. The SMILES string of the molecule is COC1(c2nc(C)c(C(C)C)c(=O)[nH]2)CCCCCC1. The molecule has 1 saturated carbocycles. The van der Waals surface area contributed by atoms with Crippen LogP contribution in [0.5, 0.6) is 0 Å². The minimum absolute atomic E-state index is 0.0110. The summed E-state index contributed by atoms with van der Waals surface area (Å²) >= 11 is 0. The Morgan fingerprint density at radius 2 is 1.80 bits per heavy atom. The van der Waals surface area contributed by atoms with Crippen molar-refractivity contribution in [1.29, 1.82) is 0 Å². The number of rotatable bonds is 3. The van der Waals surface area contributed by atoms with Gasteiger partial charge in [-0.15, -0.1) is 0 Å². The summed E-state index contributed by atoms with van der Waals surface area (Å²) in [7, 11) is 1.73. The molecule has 1 aliphatic carbocycles. The van der Waals surface area contributed by atoms with Gasteiger partial charge < -0.3 is 9.72 Å². The summed E-state index contributed by atoms with van der Waals surface area (Å²) in [6.07, 6.45) is 6.60. The highest BCUT2D eigenvalue weighted by atomic mass is 16.5. The van der Waals surface area contributed by atoms with Crippen LogP contribution >= 0.6 is 0 Å². The first-order valence-electron chi connectivity index (χ1n) is 7.66. The van der Waals surface area contributed by atoms with Crippen LogP contribution in [0.25, 0.3) is 0 Å². The van der Waals surface area contributed by atoms with E-state index in [0.717, 1.165) is 36.9 Å². The zero-order chi connectivity index (χ0) is 14.8. The fourth-order valence-corrected chi connectivity index (χ4v) is 3.33. The van der Waals surface area contributed by atoms with Crippen molar-refractivity contribution in [2.45, 2.75) is 70.8 Å². The van der Waals surface area contributed by atoms with E-state index in [1.165, 1.54) is 12.8 Å². The maximum absolute atomic E-state index is 12.3. The molecule has 0 atom stereocenters. The van der Waals surface area contributed by atoms with Gasteiger partial charge in [0.2, 0.25) is 0 Å². The lowest BCUT2D eigenvalue weighted by Crippen LogP contribution is -2.34. The predicted molar refractivity (Wildman–Crippen MR) is 80.1 cm³/mol. The minimum atomic E-state index is -0.407. The van der Waals surface area contributed by atoms with Crippen LogP contribution in [0.4, 0.5) is 0 Å². The number of nitrogens with zero attached hydrogens (tertiary/aromatic N) is 1. The van der Waals surface area contributed by atoms with Crippen LogP contribution in [0.15, 0.2) is 4.79 Å². The highest BCUT2D eigenvalue weighted by Gasteiger charge is 2.35. The molecule has 112 valence electrons. The maximum atomic E-state index is 12.3. The van der Waals surface area contributed by atoms with Crippen LogP contribution < -0.4 is 5.56 Å². The number of aromatic amines is 1. The first-order valence-corrected chi connectivity index (χ1v) is 7.66. The van der Waals surface area contributed by atoms with E-state index in [9.17, 15) is 4.79 Å². The summed E-state index contributed by atoms with van der Waals surface area (Å²) in [6.45, 7) is 5.97.